The third kappa shape index (κ3) is 4.30. The van der Waals surface area contributed by atoms with Crippen LogP contribution in [0.25, 0.3) is 0 Å². The molecule has 1 fully saturated rings. The molecular weight excluding hydrogens is 295 g/mol. The van der Waals surface area contributed by atoms with Crippen LogP contribution in [0, 0.1) is 5.82 Å². The molecular formula is C18H27FN2O2. The number of amides is 1. The van der Waals surface area contributed by atoms with Crippen molar-refractivity contribution in [1.82, 2.24) is 9.80 Å². The number of hydrogen-bond acceptors (Lipinski definition) is 3. The lowest BCUT2D eigenvalue weighted by atomic mass is 9.93. The Bertz CT molecular complexity index is 515. The number of rotatable bonds is 6. The van der Waals surface area contributed by atoms with Gasteiger partial charge in [0.25, 0.3) is 0 Å². The number of aliphatic hydroxyl groups is 1. The van der Waals surface area contributed by atoms with Gasteiger partial charge in [-0.2, -0.15) is 0 Å². The highest BCUT2D eigenvalue weighted by molar-refractivity contribution is 5.83. The first-order chi connectivity index (χ1) is 11.1. The Kier molecular flexibility index (Phi) is 6.54. The molecule has 0 spiro atoms. The zero-order valence-corrected chi connectivity index (χ0v) is 14.0. The molecule has 0 heterocycles. The SMILES string of the molecule is CN(C)[C@@H](C(=O)N(CCO)C1CCCCC1)c1ccccc1F. The van der Waals surface area contributed by atoms with Gasteiger partial charge in [-0.25, -0.2) is 4.39 Å². The Morgan fingerprint density at radius 1 is 1.26 bits per heavy atom. The summed E-state index contributed by atoms with van der Waals surface area (Å²) in [7, 11) is 3.57. The molecule has 0 radical (unpaired) electrons. The Hall–Kier alpha value is -1.46. The van der Waals surface area contributed by atoms with Crippen molar-refractivity contribution in [2.24, 2.45) is 0 Å². The smallest absolute Gasteiger partial charge is 0.244 e. The minimum atomic E-state index is -0.662. The van der Waals surface area contributed by atoms with Gasteiger partial charge in [0.1, 0.15) is 11.9 Å². The summed E-state index contributed by atoms with van der Waals surface area (Å²) < 4.78 is 14.2. The fraction of sp³-hybridized carbons (Fsp3) is 0.611. The van der Waals surface area contributed by atoms with Crippen LogP contribution in [-0.2, 0) is 4.79 Å². The third-order valence-corrected chi connectivity index (χ3v) is 4.59. The van der Waals surface area contributed by atoms with Crippen LogP contribution in [0.4, 0.5) is 4.39 Å². The van der Waals surface area contributed by atoms with Gasteiger partial charge in [0.15, 0.2) is 0 Å². The second-order valence-corrected chi connectivity index (χ2v) is 6.43. The highest BCUT2D eigenvalue weighted by atomic mass is 19.1. The third-order valence-electron chi connectivity index (χ3n) is 4.59. The van der Waals surface area contributed by atoms with Crippen LogP contribution in [0.15, 0.2) is 24.3 Å². The van der Waals surface area contributed by atoms with Gasteiger partial charge in [0, 0.05) is 18.2 Å². The standard InChI is InChI=1S/C18H27FN2O2/c1-20(2)17(15-10-6-7-11-16(15)19)18(23)21(12-13-22)14-8-4-3-5-9-14/h6-7,10-11,14,17,22H,3-5,8-9,12-13H2,1-2H3/t17-/m1/s1. The van der Waals surface area contributed by atoms with Crippen molar-refractivity contribution in [3.8, 4) is 0 Å². The van der Waals surface area contributed by atoms with E-state index in [0.29, 0.717) is 12.1 Å². The molecule has 1 atom stereocenters. The molecule has 1 aromatic carbocycles. The molecule has 23 heavy (non-hydrogen) atoms. The maximum absolute atomic E-state index is 14.2. The van der Waals surface area contributed by atoms with Crippen molar-refractivity contribution in [3.63, 3.8) is 0 Å². The van der Waals surface area contributed by atoms with Crippen molar-refractivity contribution >= 4 is 5.91 Å². The minimum absolute atomic E-state index is 0.0698. The molecule has 0 unspecified atom stereocenters. The van der Waals surface area contributed by atoms with E-state index in [1.54, 1.807) is 42.1 Å². The van der Waals surface area contributed by atoms with Gasteiger partial charge < -0.3 is 10.0 Å². The lowest BCUT2D eigenvalue weighted by Crippen LogP contribution is -2.48. The molecule has 128 valence electrons. The Morgan fingerprint density at radius 3 is 2.48 bits per heavy atom. The largest absolute Gasteiger partial charge is 0.395 e. The van der Waals surface area contributed by atoms with Crippen molar-refractivity contribution in [3.05, 3.63) is 35.6 Å². The first-order valence-electron chi connectivity index (χ1n) is 8.38. The normalized spacial score (nSPS) is 17.3. The predicted octanol–water partition coefficient (Wildman–Crippen LogP) is 2.58. The van der Waals surface area contributed by atoms with E-state index < -0.39 is 6.04 Å². The van der Waals surface area contributed by atoms with E-state index in [9.17, 15) is 14.3 Å². The molecule has 2 rings (SSSR count). The quantitative estimate of drug-likeness (QED) is 0.875. The van der Waals surface area contributed by atoms with Crippen LogP contribution >= 0.6 is 0 Å². The highest BCUT2D eigenvalue weighted by Crippen LogP contribution is 2.28. The molecule has 4 nitrogen and oxygen atoms in total. The maximum atomic E-state index is 14.2. The van der Waals surface area contributed by atoms with Gasteiger partial charge >= 0.3 is 0 Å². The summed E-state index contributed by atoms with van der Waals surface area (Å²) in [6, 6.07) is 5.91. The number of likely N-dealkylation sites (N-methyl/N-ethyl adjacent to an activating group) is 1. The fourth-order valence-electron chi connectivity index (χ4n) is 3.46. The van der Waals surface area contributed by atoms with Crippen molar-refractivity contribution in [2.75, 3.05) is 27.2 Å². The molecule has 0 bridgehead atoms. The number of aliphatic hydroxyl groups excluding tert-OH is 1. The van der Waals surface area contributed by atoms with Crippen molar-refractivity contribution < 1.29 is 14.3 Å². The fourth-order valence-corrected chi connectivity index (χ4v) is 3.46. The zero-order valence-electron chi connectivity index (χ0n) is 14.0. The topological polar surface area (TPSA) is 43.8 Å². The van der Waals surface area contributed by atoms with Gasteiger partial charge in [-0.05, 0) is 33.0 Å². The summed E-state index contributed by atoms with van der Waals surface area (Å²) in [6.07, 6.45) is 5.33. The second-order valence-electron chi connectivity index (χ2n) is 6.43. The van der Waals surface area contributed by atoms with Crippen LogP contribution in [0.2, 0.25) is 0 Å². The van der Waals surface area contributed by atoms with Crippen molar-refractivity contribution in [1.29, 1.82) is 0 Å². The molecule has 1 amide bonds. The number of nitrogens with zero attached hydrogens (tertiary/aromatic N) is 2. The molecule has 1 saturated carbocycles. The molecule has 1 N–H and O–H groups in total. The lowest BCUT2D eigenvalue weighted by Gasteiger charge is -2.38. The molecule has 1 aliphatic carbocycles. The monoisotopic (exact) mass is 322 g/mol. The number of benzene rings is 1. The average molecular weight is 322 g/mol. The summed E-state index contributed by atoms with van der Waals surface area (Å²) in [5.74, 6) is -0.492. The average Bonchev–Trinajstić information content (AvgIpc) is 2.55. The Labute approximate surface area is 137 Å². The summed E-state index contributed by atoms with van der Waals surface area (Å²) >= 11 is 0. The van der Waals surface area contributed by atoms with E-state index in [0.717, 1.165) is 25.7 Å². The zero-order chi connectivity index (χ0) is 16.8. The molecule has 0 saturated heterocycles. The first kappa shape index (κ1) is 17.9. The van der Waals surface area contributed by atoms with Crippen LogP contribution in [0.1, 0.15) is 43.7 Å². The van der Waals surface area contributed by atoms with Gasteiger partial charge in [0.2, 0.25) is 5.91 Å². The second kappa shape index (κ2) is 8.41. The van der Waals surface area contributed by atoms with Crippen LogP contribution in [0.5, 0.6) is 0 Å². The van der Waals surface area contributed by atoms with E-state index in [-0.39, 0.29) is 24.4 Å². The minimum Gasteiger partial charge on any atom is -0.395 e. The highest BCUT2D eigenvalue weighted by Gasteiger charge is 2.33. The summed E-state index contributed by atoms with van der Waals surface area (Å²) in [5.41, 5.74) is 0.390. The molecule has 1 aromatic rings. The van der Waals surface area contributed by atoms with Gasteiger partial charge in [-0.3, -0.25) is 9.69 Å². The summed E-state index contributed by atoms with van der Waals surface area (Å²) in [6.45, 7) is 0.238. The Morgan fingerprint density at radius 2 is 1.91 bits per heavy atom. The van der Waals surface area contributed by atoms with Gasteiger partial charge in [-0.1, -0.05) is 37.5 Å². The van der Waals surface area contributed by atoms with E-state index in [2.05, 4.69) is 0 Å². The van der Waals surface area contributed by atoms with E-state index in [4.69, 9.17) is 0 Å². The predicted molar refractivity (Wildman–Crippen MR) is 88.5 cm³/mol. The van der Waals surface area contributed by atoms with E-state index >= 15 is 0 Å². The number of halogens is 1. The van der Waals surface area contributed by atoms with Crippen molar-refractivity contribution in [2.45, 2.75) is 44.2 Å². The first-order valence-corrected chi connectivity index (χ1v) is 8.38. The Balaban J connectivity index is 2.28. The van der Waals surface area contributed by atoms with E-state index in [1.165, 1.54) is 12.5 Å². The number of carbonyl (C=O) groups is 1. The number of hydrogen-bond donors (Lipinski definition) is 1. The molecule has 1 aliphatic rings. The molecule has 5 heteroatoms. The van der Waals surface area contributed by atoms with Crippen LogP contribution in [0.3, 0.4) is 0 Å². The van der Waals surface area contributed by atoms with Crippen LogP contribution < -0.4 is 0 Å². The van der Waals surface area contributed by atoms with E-state index in [1.807, 2.05) is 0 Å². The van der Waals surface area contributed by atoms with Gasteiger partial charge in [0.05, 0.1) is 6.61 Å². The number of carbonyl (C=O) groups excluding carboxylic acids is 1. The summed E-state index contributed by atoms with van der Waals surface area (Å²) in [4.78, 5) is 16.6. The van der Waals surface area contributed by atoms with Crippen LogP contribution in [-0.4, -0.2) is 54.1 Å². The lowest BCUT2D eigenvalue weighted by molar-refractivity contribution is -0.140. The summed E-state index contributed by atoms with van der Waals surface area (Å²) in [5, 5.41) is 9.38. The van der Waals surface area contributed by atoms with Gasteiger partial charge in [-0.15, -0.1) is 0 Å². The molecule has 0 aromatic heterocycles. The maximum Gasteiger partial charge on any atom is 0.244 e. The molecule has 0 aliphatic heterocycles.